The zero-order valence-electron chi connectivity index (χ0n) is 19.8. The van der Waals surface area contributed by atoms with Gasteiger partial charge in [0.25, 0.3) is 0 Å². The molecule has 4 amide bonds. The van der Waals surface area contributed by atoms with Crippen LogP contribution in [0.2, 0.25) is 0 Å². The third-order valence-electron chi connectivity index (χ3n) is 6.85. The molecule has 0 unspecified atom stereocenters. The van der Waals surface area contributed by atoms with Crippen molar-refractivity contribution in [3.63, 3.8) is 0 Å². The molecule has 0 atom stereocenters. The van der Waals surface area contributed by atoms with Crippen molar-refractivity contribution >= 4 is 23.6 Å². The minimum absolute atomic E-state index is 0.0553. The lowest BCUT2D eigenvalue weighted by atomic mass is 9.89. The number of piperazine rings is 1. The fraction of sp³-hybridized carbons (Fsp3) is 0.739. The highest BCUT2D eigenvalue weighted by molar-refractivity contribution is 6.35. The molecule has 1 aromatic heterocycles. The van der Waals surface area contributed by atoms with Crippen molar-refractivity contribution in [3.8, 4) is 0 Å². The maximum Gasteiger partial charge on any atom is 0.312 e. The van der Waals surface area contributed by atoms with E-state index in [1.807, 2.05) is 0 Å². The molecule has 0 radical (unpaired) electrons. The maximum atomic E-state index is 12.7. The molecule has 186 valence electrons. The molecule has 2 aliphatic carbocycles. The third kappa shape index (κ3) is 5.92. The summed E-state index contributed by atoms with van der Waals surface area (Å²) in [7, 11) is 0. The highest BCUT2D eigenvalue weighted by Gasteiger charge is 2.38. The van der Waals surface area contributed by atoms with Gasteiger partial charge in [-0.05, 0) is 25.7 Å². The first-order chi connectivity index (χ1) is 16.4. The Labute approximate surface area is 199 Å². The Kier molecular flexibility index (Phi) is 7.47. The van der Waals surface area contributed by atoms with Crippen molar-refractivity contribution in [3.05, 3.63) is 11.7 Å². The van der Waals surface area contributed by atoms with Gasteiger partial charge < -0.3 is 25.0 Å². The molecule has 1 aromatic rings. The monoisotopic (exact) mass is 474 g/mol. The fourth-order valence-corrected chi connectivity index (χ4v) is 4.77. The Morgan fingerprint density at radius 2 is 1.65 bits per heavy atom. The van der Waals surface area contributed by atoms with Crippen molar-refractivity contribution in [2.45, 2.75) is 82.7 Å². The summed E-state index contributed by atoms with van der Waals surface area (Å²) in [4.78, 5) is 56.5. The number of nitrogens with zero attached hydrogens (tertiary/aromatic N) is 4. The quantitative estimate of drug-likeness (QED) is 0.456. The van der Waals surface area contributed by atoms with Crippen LogP contribution in [0.1, 0.15) is 76.4 Å². The topological polar surface area (TPSA) is 138 Å². The predicted octanol–water partition coefficient (Wildman–Crippen LogP) is 0.637. The number of carbonyl (C=O) groups excluding carboxylic acids is 4. The number of carbonyl (C=O) groups is 4. The zero-order valence-corrected chi connectivity index (χ0v) is 19.8. The second kappa shape index (κ2) is 10.5. The smallest absolute Gasteiger partial charge is 0.312 e. The van der Waals surface area contributed by atoms with Gasteiger partial charge in [-0.2, -0.15) is 4.98 Å². The van der Waals surface area contributed by atoms with Gasteiger partial charge >= 0.3 is 11.8 Å². The van der Waals surface area contributed by atoms with Gasteiger partial charge in [0, 0.05) is 52.0 Å². The number of aromatic nitrogens is 2. The van der Waals surface area contributed by atoms with Gasteiger partial charge in [0.05, 0.1) is 0 Å². The molecular weight excluding hydrogens is 440 g/mol. The van der Waals surface area contributed by atoms with Crippen LogP contribution >= 0.6 is 0 Å². The number of rotatable bonds is 6. The lowest BCUT2D eigenvalue weighted by Crippen LogP contribution is -2.54. The van der Waals surface area contributed by atoms with Crippen molar-refractivity contribution in [1.29, 1.82) is 0 Å². The molecule has 11 heteroatoms. The highest BCUT2D eigenvalue weighted by Crippen LogP contribution is 2.34. The van der Waals surface area contributed by atoms with Gasteiger partial charge in [0.1, 0.15) is 5.54 Å². The Balaban J connectivity index is 1.27. The number of nitrogens with one attached hydrogen (secondary N) is 2. The minimum atomic E-state index is -0.608. The summed E-state index contributed by atoms with van der Waals surface area (Å²) in [5.74, 6) is -0.387. The molecule has 2 heterocycles. The average molecular weight is 475 g/mol. The van der Waals surface area contributed by atoms with E-state index in [2.05, 4.69) is 20.8 Å². The first kappa shape index (κ1) is 24.2. The van der Waals surface area contributed by atoms with Crippen LogP contribution in [0.4, 0.5) is 0 Å². The standard InChI is InChI=1S/C23H34N6O5/c1-16(30)26-23(10-4-2-3-5-11-23)22-25-18(34-27-22)8-9-19(31)28-12-14-29(15-13-28)21(33)20(32)24-17-6-7-17/h17H,2-15H2,1H3,(H,24,32)(H,26,30). The summed E-state index contributed by atoms with van der Waals surface area (Å²) in [6, 6.07) is 0.139. The van der Waals surface area contributed by atoms with Gasteiger partial charge in [-0.3, -0.25) is 19.2 Å². The Morgan fingerprint density at radius 3 is 2.26 bits per heavy atom. The lowest BCUT2D eigenvalue weighted by molar-refractivity contribution is -0.148. The summed E-state index contributed by atoms with van der Waals surface area (Å²) in [5.41, 5.74) is -0.608. The van der Waals surface area contributed by atoms with Crippen molar-refractivity contribution < 1.29 is 23.7 Å². The molecule has 3 aliphatic rings. The maximum absolute atomic E-state index is 12.7. The van der Waals surface area contributed by atoms with Crippen molar-refractivity contribution in [2.75, 3.05) is 26.2 Å². The molecule has 34 heavy (non-hydrogen) atoms. The van der Waals surface area contributed by atoms with E-state index in [9.17, 15) is 19.2 Å². The Hall–Kier alpha value is -2.98. The second-order valence-corrected chi connectivity index (χ2v) is 9.61. The molecule has 0 aromatic carbocycles. The molecule has 0 bridgehead atoms. The number of hydrogen-bond acceptors (Lipinski definition) is 7. The van der Waals surface area contributed by atoms with E-state index < -0.39 is 17.4 Å². The largest absolute Gasteiger partial charge is 0.345 e. The summed E-state index contributed by atoms with van der Waals surface area (Å²) >= 11 is 0. The predicted molar refractivity (Wildman–Crippen MR) is 120 cm³/mol. The minimum Gasteiger partial charge on any atom is -0.345 e. The Morgan fingerprint density at radius 1 is 1.00 bits per heavy atom. The second-order valence-electron chi connectivity index (χ2n) is 9.61. The fourth-order valence-electron chi connectivity index (χ4n) is 4.77. The van der Waals surface area contributed by atoms with Gasteiger partial charge in [-0.15, -0.1) is 0 Å². The summed E-state index contributed by atoms with van der Waals surface area (Å²) in [5, 5.41) is 9.92. The molecule has 3 fully saturated rings. The molecule has 11 nitrogen and oxygen atoms in total. The number of amides is 4. The van der Waals surface area contributed by atoms with Crippen LogP contribution in [0.5, 0.6) is 0 Å². The summed E-state index contributed by atoms with van der Waals surface area (Å²) in [6.07, 6.45) is 8.12. The van der Waals surface area contributed by atoms with Gasteiger partial charge in [-0.1, -0.05) is 30.8 Å². The number of hydrogen-bond donors (Lipinski definition) is 2. The van der Waals surface area contributed by atoms with Crippen LogP contribution in [0.3, 0.4) is 0 Å². The van der Waals surface area contributed by atoms with Crippen LogP contribution in [-0.4, -0.2) is 75.8 Å². The molecule has 2 saturated carbocycles. The third-order valence-corrected chi connectivity index (χ3v) is 6.85. The van der Waals surface area contributed by atoms with Crippen LogP contribution in [0.15, 0.2) is 4.52 Å². The zero-order chi connectivity index (χ0) is 24.1. The molecule has 0 spiro atoms. The SMILES string of the molecule is CC(=O)NC1(c2noc(CCC(=O)N3CCN(C(=O)C(=O)NC4CC4)CC3)n2)CCCCCC1. The van der Waals surface area contributed by atoms with E-state index in [1.54, 1.807) is 4.90 Å². The van der Waals surface area contributed by atoms with Crippen molar-refractivity contribution in [2.24, 2.45) is 0 Å². The molecule has 4 rings (SSSR count). The van der Waals surface area contributed by atoms with E-state index in [0.717, 1.165) is 51.4 Å². The molecular formula is C23H34N6O5. The molecule has 2 N–H and O–H groups in total. The van der Waals surface area contributed by atoms with Crippen LogP contribution < -0.4 is 10.6 Å². The summed E-state index contributed by atoms with van der Waals surface area (Å²) in [6.45, 7) is 2.96. The summed E-state index contributed by atoms with van der Waals surface area (Å²) < 4.78 is 5.43. The van der Waals surface area contributed by atoms with Crippen LogP contribution in [0, 0.1) is 0 Å². The normalized spacial score (nSPS) is 20.4. The molecule has 1 saturated heterocycles. The van der Waals surface area contributed by atoms with E-state index in [-0.39, 0.29) is 24.3 Å². The number of aryl methyl sites for hydroxylation is 1. The van der Waals surface area contributed by atoms with Gasteiger partial charge in [0.15, 0.2) is 5.82 Å². The van der Waals surface area contributed by atoms with E-state index in [4.69, 9.17) is 4.52 Å². The van der Waals surface area contributed by atoms with E-state index in [1.165, 1.54) is 11.8 Å². The average Bonchev–Trinajstić information content (AvgIpc) is 3.56. The van der Waals surface area contributed by atoms with E-state index in [0.29, 0.717) is 44.3 Å². The van der Waals surface area contributed by atoms with Gasteiger partial charge in [0.2, 0.25) is 17.7 Å². The molecule has 1 aliphatic heterocycles. The van der Waals surface area contributed by atoms with Crippen LogP contribution in [0.25, 0.3) is 0 Å². The lowest BCUT2D eigenvalue weighted by Gasteiger charge is -2.34. The first-order valence-corrected chi connectivity index (χ1v) is 12.4. The van der Waals surface area contributed by atoms with Gasteiger partial charge in [-0.25, -0.2) is 0 Å². The van der Waals surface area contributed by atoms with Crippen LogP contribution in [-0.2, 0) is 31.1 Å². The first-order valence-electron chi connectivity index (χ1n) is 12.4. The van der Waals surface area contributed by atoms with Crippen molar-refractivity contribution in [1.82, 2.24) is 30.6 Å². The Bertz CT molecular complexity index is 911. The highest BCUT2D eigenvalue weighted by atomic mass is 16.5. The van der Waals surface area contributed by atoms with E-state index >= 15 is 0 Å².